The first-order valence-corrected chi connectivity index (χ1v) is 10.3. The van der Waals surface area contributed by atoms with Crippen LogP contribution in [0, 0.1) is 0 Å². The van der Waals surface area contributed by atoms with Crippen molar-refractivity contribution in [3.8, 4) is 23.0 Å². The third kappa shape index (κ3) is 6.58. The van der Waals surface area contributed by atoms with Crippen molar-refractivity contribution in [3.05, 3.63) is 46.5 Å². The van der Waals surface area contributed by atoms with Gasteiger partial charge in [-0.15, -0.1) is 24.8 Å². The van der Waals surface area contributed by atoms with Gasteiger partial charge in [0.15, 0.2) is 23.0 Å². The van der Waals surface area contributed by atoms with Crippen molar-refractivity contribution in [2.45, 2.75) is 25.9 Å². The fraction of sp³-hybridized carbons (Fsp3) is 0.500. The van der Waals surface area contributed by atoms with Crippen LogP contribution >= 0.6 is 24.8 Å². The molecule has 0 amide bonds. The van der Waals surface area contributed by atoms with E-state index in [9.17, 15) is 0 Å². The molecule has 0 saturated heterocycles. The van der Waals surface area contributed by atoms with Gasteiger partial charge in [-0.2, -0.15) is 0 Å². The standard InChI is InChI=1S/2C12H17NO2.2ClH/c2*1-13-5-4-9-6-11(14-2)12(15-3)7-10(9)8-13;;/h2*6-7H,4-5,8H2,1-3H3;2*1H. The van der Waals surface area contributed by atoms with Crippen molar-refractivity contribution in [3.63, 3.8) is 0 Å². The molecule has 8 heteroatoms. The Morgan fingerprint density at radius 3 is 1.09 bits per heavy atom. The molecule has 2 heterocycles. The normalized spacial score (nSPS) is 14.9. The van der Waals surface area contributed by atoms with E-state index in [2.05, 4.69) is 48.2 Å². The van der Waals surface area contributed by atoms with E-state index >= 15 is 0 Å². The lowest BCUT2D eigenvalue weighted by Crippen LogP contribution is -2.26. The van der Waals surface area contributed by atoms with Crippen LogP contribution in [0.1, 0.15) is 22.3 Å². The minimum atomic E-state index is 0. The number of halogens is 2. The number of rotatable bonds is 4. The number of fused-ring (bicyclic) bond motifs is 2. The maximum atomic E-state index is 5.29. The number of likely N-dealkylation sites (N-methyl/N-ethyl adjacent to an activating group) is 2. The first-order valence-electron chi connectivity index (χ1n) is 10.3. The van der Waals surface area contributed by atoms with Crippen LogP contribution in [0.3, 0.4) is 0 Å². The third-order valence-electron chi connectivity index (χ3n) is 5.82. The molecule has 0 bridgehead atoms. The highest BCUT2D eigenvalue weighted by molar-refractivity contribution is 5.85. The van der Waals surface area contributed by atoms with E-state index in [1.54, 1.807) is 28.4 Å². The number of nitrogens with zero attached hydrogens (tertiary/aromatic N) is 2. The minimum Gasteiger partial charge on any atom is -0.493 e. The zero-order valence-corrected chi connectivity index (χ0v) is 21.5. The Balaban J connectivity index is 0.000000301. The van der Waals surface area contributed by atoms with Gasteiger partial charge in [0.05, 0.1) is 28.4 Å². The summed E-state index contributed by atoms with van der Waals surface area (Å²) in [5.41, 5.74) is 5.46. The summed E-state index contributed by atoms with van der Waals surface area (Å²) in [6.07, 6.45) is 2.18. The predicted octanol–water partition coefficient (Wildman–Crippen LogP) is 4.23. The zero-order chi connectivity index (χ0) is 21.7. The average Bonchev–Trinajstić information content (AvgIpc) is 2.77. The molecule has 180 valence electrons. The molecule has 0 N–H and O–H groups in total. The molecule has 0 saturated carbocycles. The summed E-state index contributed by atoms with van der Waals surface area (Å²) in [6, 6.07) is 8.37. The highest BCUT2D eigenvalue weighted by atomic mass is 35.5. The van der Waals surface area contributed by atoms with Crippen LogP contribution in [-0.4, -0.2) is 65.4 Å². The van der Waals surface area contributed by atoms with Crippen molar-refractivity contribution in [1.29, 1.82) is 0 Å². The SMILES string of the molecule is COc1cc2c(cc1OC)CN(C)CC2.COc1cc2c(cc1OC)CN(C)CC2.Cl.Cl. The highest BCUT2D eigenvalue weighted by Gasteiger charge is 2.17. The molecule has 32 heavy (non-hydrogen) atoms. The molecule has 0 atom stereocenters. The summed E-state index contributed by atoms with van der Waals surface area (Å²) in [6.45, 7) is 4.22. The molecule has 0 fully saturated rings. The van der Waals surface area contributed by atoms with Crippen LogP contribution in [0.5, 0.6) is 23.0 Å². The molecule has 2 aliphatic rings. The monoisotopic (exact) mass is 486 g/mol. The number of benzene rings is 2. The Kier molecular flexibility index (Phi) is 11.4. The lowest BCUT2D eigenvalue weighted by molar-refractivity contribution is 0.308. The van der Waals surface area contributed by atoms with E-state index in [-0.39, 0.29) is 24.8 Å². The van der Waals surface area contributed by atoms with Crippen LogP contribution in [0.15, 0.2) is 24.3 Å². The van der Waals surface area contributed by atoms with Crippen LogP contribution < -0.4 is 18.9 Å². The van der Waals surface area contributed by atoms with Crippen LogP contribution in [0.25, 0.3) is 0 Å². The van der Waals surface area contributed by atoms with Crippen LogP contribution in [-0.2, 0) is 25.9 Å². The maximum absolute atomic E-state index is 5.29. The number of methoxy groups -OCH3 is 4. The molecule has 6 nitrogen and oxygen atoms in total. The van der Waals surface area contributed by atoms with Crippen molar-refractivity contribution >= 4 is 24.8 Å². The van der Waals surface area contributed by atoms with Gasteiger partial charge in [0.25, 0.3) is 0 Å². The molecule has 4 rings (SSSR count). The summed E-state index contributed by atoms with van der Waals surface area (Å²) in [4.78, 5) is 4.63. The molecule has 0 spiro atoms. The molecule has 2 aliphatic heterocycles. The second-order valence-electron chi connectivity index (χ2n) is 7.93. The third-order valence-corrected chi connectivity index (χ3v) is 5.82. The topological polar surface area (TPSA) is 43.4 Å². The van der Waals surface area contributed by atoms with Gasteiger partial charge in [0.1, 0.15) is 0 Å². The molecule has 0 aliphatic carbocycles. The minimum absolute atomic E-state index is 0. The number of hydrogen-bond donors (Lipinski definition) is 0. The molecule has 0 radical (unpaired) electrons. The number of ether oxygens (including phenoxy) is 4. The molecule has 2 aromatic carbocycles. The Labute approximate surface area is 204 Å². The zero-order valence-electron chi connectivity index (χ0n) is 19.9. The fourth-order valence-electron chi connectivity index (χ4n) is 4.05. The van der Waals surface area contributed by atoms with Gasteiger partial charge in [-0.05, 0) is 73.5 Å². The second kappa shape index (κ2) is 13.0. The van der Waals surface area contributed by atoms with Crippen molar-refractivity contribution in [2.24, 2.45) is 0 Å². The van der Waals surface area contributed by atoms with E-state index in [1.165, 1.54) is 22.3 Å². The lowest BCUT2D eigenvalue weighted by Gasteiger charge is -2.26. The Morgan fingerprint density at radius 2 is 0.812 bits per heavy atom. The van der Waals surface area contributed by atoms with Gasteiger partial charge in [0, 0.05) is 26.2 Å². The summed E-state index contributed by atoms with van der Waals surface area (Å²) in [5.74, 6) is 3.32. The molecule has 2 aromatic rings. The highest BCUT2D eigenvalue weighted by Crippen LogP contribution is 2.33. The van der Waals surface area contributed by atoms with E-state index in [4.69, 9.17) is 18.9 Å². The summed E-state index contributed by atoms with van der Waals surface area (Å²) in [5, 5.41) is 0. The molecular formula is C24H36Cl2N2O4. The fourth-order valence-corrected chi connectivity index (χ4v) is 4.05. The molecule has 0 unspecified atom stereocenters. The van der Waals surface area contributed by atoms with Gasteiger partial charge >= 0.3 is 0 Å². The van der Waals surface area contributed by atoms with E-state index < -0.39 is 0 Å². The van der Waals surface area contributed by atoms with E-state index in [1.807, 2.05) is 0 Å². The largest absolute Gasteiger partial charge is 0.493 e. The van der Waals surface area contributed by atoms with Crippen LogP contribution in [0.4, 0.5) is 0 Å². The van der Waals surface area contributed by atoms with Gasteiger partial charge in [0.2, 0.25) is 0 Å². The lowest BCUT2D eigenvalue weighted by atomic mass is 9.99. The van der Waals surface area contributed by atoms with Gasteiger partial charge in [-0.1, -0.05) is 0 Å². The van der Waals surface area contributed by atoms with Gasteiger partial charge in [-0.3, -0.25) is 0 Å². The van der Waals surface area contributed by atoms with Crippen LogP contribution in [0.2, 0.25) is 0 Å². The quantitative estimate of drug-likeness (QED) is 0.644. The predicted molar refractivity (Wildman–Crippen MR) is 134 cm³/mol. The first kappa shape index (κ1) is 28.2. The van der Waals surface area contributed by atoms with Crippen molar-refractivity contribution in [2.75, 3.05) is 55.6 Å². The summed E-state index contributed by atoms with van der Waals surface area (Å²) in [7, 11) is 11.0. The number of hydrogen-bond acceptors (Lipinski definition) is 6. The Bertz CT molecular complexity index is 808. The molecular weight excluding hydrogens is 451 g/mol. The maximum Gasteiger partial charge on any atom is 0.161 e. The smallest absolute Gasteiger partial charge is 0.161 e. The summed E-state index contributed by atoms with van der Waals surface area (Å²) >= 11 is 0. The Hall–Kier alpha value is -1.86. The first-order chi connectivity index (χ1) is 14.5. The average molecular weight is 487 g/mol. The van der Waals surface area contributed by atoms with Crippen molar-refractivity contribution < 1.29 is 18.9 Å². The van der Waals surface area contributed by atoms with Crippen molar-refractivity contribution in [1.82, 2.24) is 9.80 Å². The Morgan fingerprint density at radius 1 is 0.531 bits per heavy atom. The second-order valence-corrected chi connectivity index (χ2v) is 7.93. The van der Waals surface area contributed by atoms with E-state index in [0.29, 0.717) is 0 Å². The van der Waals surface area contributed by atoms with Gasteiger partial charge in [-0.25, -0.2) is 0 Å². The van der Waals surface area contributed by atoms with E-state index in [0.717, 1.165) is 62.0 Å². The molecule has 0 aromatic heterocycles. The summed E-state index contributed by atoms with van der Waals surface area (Å²) < 4.78 is 21.2. The van der Waals surface area contributed by atoms with Gasteiger partial charge < -0.3 is 28.7 Å².